The molecule has 0 aliphatic carbocycles. The van der Waals surface area contributed by atoms with Crippen molar-refractivity contribution in [3.8, 4) is 0 Å². The van der Waals surface area contributed by atoms with Gasteiger partial charge in [-0.05, 0) is 20.8 Å². The van der Waals surface area contributed by atoms with Gasteiger partial charge in [-0.3, -0.25) is 14.5 Å². The second kappa shape index (κ2) is 9.52. The predicted molar refractivity (Wildman–Crippen MR) is 118 cm³/mol. The molecule has 1 aromatic heterocycles. The Balaban J connectivity index is 1.73. The summed E-state index contributed by atoms with van der Waals surface area (Å²) in [4.78, 5) is 58.5. The maximum Gasteiger partial charge on any atom is 0.353 e. The molecule has 178 valence electrons. The monoisotopic (exact) mass is 518 g/mol. The number of aromatic nitrogens is 2. The van der Waals surface area contributed by atoms with E-state index in [1.807, 2.05) is 0 Å². The molecule has 1 fully saturated rings. The number of halogens is 1. The van der Waals surface area contributed by atoms with Crippen LogP contribution in [-0.4, -0.2) is 78.2 Å². The van der Waals surface area contributed by atoms with E-state index in [2.05, 4.69) is 19.8 Å². The van der Waals surface area contributed by atoms with Gasteiger partial charge in [0.25, 0.3) is 11.8 Å². The van der Waals surface area contributed by atoms with Gasteiger partial charge in [0, 0.05) is 17.3 Å². The number of nitrogens with two attached hydrogens (primary N) is 1. The first-order chi connectivity index (χ1) is 15.4. The van der Waals surface area contributed by atoms with Crippen LogP contribution in [0.15, 0.2) is 15.9 Å². The van der Waals surface area contributed by atoms with E-state index in [1.165, 1.54) is 11.8 Å². The fourth-order valence-electron chi connectivity index (χ4n) is 2.83. The van der Waals surface area contributed by atoms with Crippen LogP contribution in [0.5, 0.6) is 0 Å². The number of hydrogen-bond acceptors (Lipinski definition) is 12. The molecule has 3 rings (SSSR count). The number of amides is 2. The van der Waals surface area contributed by atoms with E-state index in [-0.39, 0.29) is 27.4 Å². The summed E-state index contributed by atoms with van der Waals surface area (Å²) in [6.45, 7) is 4.44. The number of β-lactam (4-membered cyclic amide) rings is 1. The summed E-state index contributed by atoms with van der Waals surface area (Å²) in [7, 11) is 0. The van der Waals surface area contributed by atoms with Gasteiger partial charge in [0.05, 0.1) is 5.03 Å². The maximum absolute atomic E-state index is 12.9. The van der Waals surface area contributed by atoms with Crippen LogP contribution in [0.25, 0.3) is 0 Å². The van der Waals surface area contributed by atoms with Crippen molar-refractivity contribution in [1.82, 2.24) is 19.6 Å². The van der Waals surface area contributed by atoms with Crippen LogP contribution < -0.4 is 11.1 Å². The highest BCUT2D eigenvalue weighted by molar-refractivity contribution is 8.00. The van der Waals surface area contributed by atoms with Crippen molar-refractivity contribution in [3.05, 3.63) is 16.6 Å². The molecular formula is C17H19ClN6O7S2. The van der Waals surface area contributed by atoms with Crippen molar-refractivity contribution >= 4 is 69.5 Å². The van der Waals surface area contributed by atoms with Crippen molar-refractivity contribution in [1.29, 1.82) is 0 Å². The minimum Gasteiger partial charge on any atom is -0.477 e. The number of esters is 1. The van der Waals surface area contributed by atoms with E-state index < -0.39 is 53.1 Å². The number of rotatable bonds is 7. The molecule has 0 spiro atoms. The van der Waals surface area contributed by atoms with Gasteiger partial charge in [0.2, 0.25) is 18.1 Å². The lowest BCUT2D eigenvalue weighted by atomic mass is 10.0. The summed E-state index contributed by atoms with van der Waals surface area (Å²) in [5, 5.41) is 14.9. The minimum atomic E-state index is -1.34. The lowest BCUT2D eigenvalue weighted by molar-refractivity contribution is -0.160. The van der Waals surface area contributed by atoms with Gasteiger partial charge in [0.15, 0.2) is 5.13 Å². The first-order valence-corrected chi connectivity index (χ1v) is 11.5. The number of carboxylic acid groups (broad SMARTS) is 1. The van der Waals surface area contributed by atoms with E-state index in [0.717, 1.165) is 16.4 Å². The maximum atomic E-state index is 12.9. The molecule has 2 amide bonds. The molecule has 4 N–H and O–H groups in total. The Labute approximate surface area is 200 Å². The Kier molecular flexibility index (Phi) is 7.14. The third kappa shape index (κ3) is 5.54. The molecule has 33 heavy (non-hydrogen) atoms. The number of oxime groups is 1. The van der Waals surface area contributed by atoms with E-state index in [0.29, 0.717) is 0 Å². The fourth-order valence-corrected chi connectivity index (χ4v) is 4.81. The average molecular weight is 519 g/mol. The van der Waals surface area contributed by atoms with Gasteiger partial charge in [-0.2, -0.15) is 9.36 Å². The number of carbonyl (C=O) groups is 4. The second-order valence-electron chi connectivity index (χ2n) is 7.68. The highest BCUT2D eigenvalue weighted by Crippen LogP contribution is 2.41. The zero-order chi connectivity index (χ0) is 24.5. The lowest BCUT2D eigenvalue weighted by Crippen LogP contribution is -2.71. The van der Waals surface area contributed by atoms with Crippen LogP contribution >= 0.6 is 34.9 Å². The molecule has 0 radical (unpaired) electrons. The van der Waals surface area contributed by atoms with Crippen molar-refractivity contribution in [3.63, 3.8) is 0 Å². The van der Waals surface area contributed by atoms with Gasteiger partial charge in [-0.25, -0.2) is 9.59 Å². The molecule has 16 heteroatoms. The summed E-state index contributed by atoms with van der Waals surface area (Å²) in [5.74, 6) is -3.61. The number of ether oxygens (including phenoxy) is 1. The smallest absolute Gasteiger partial charge is 0.353 e. The number of anilines is 1. The molecule has 0 saturated carbocycles. The molecule has 1 saturated heterocycles. The number of nitrogen functional groups attached to an aromatic ring is 1. The van der Waals surface area contributed by atoms with Crippen molar-refractivity contribution in [2.24, 2.45) is 5.16 Å². The van der Waals surface area contributed by atoms with Crippen LogP contribution in [0, 0.1) is 0 Å². The summed E-state index contributed by atoms with van der Waals surface area (Å²) in [5.41, 5.74) is 4.09. The number of nitrogens with zero attached hydrogens (tertiary/aromatic N) is 4. The fraction of sp³-hybridized carbons (Fsp3) is 0.471. The van der Waals surface area contributed by atoms with Crippen LogP contribution in [-0.2, 0) is 28.8 Å². The summed E-state index contributed by atoms with van der Waals surface area (Å²) in [6, 6.07) is -1.05. The molecule has 0 aromatic carbocycles. The largest absolute Gasteiger partial charge is 0.477 e. The van der Waals surface area contributed by atoms with E-state index in [1.54, 1.807) is 20.8 Å². The van der Waals surface area contributed by atoms with E-state index in [4.69, 9.17) is 26.9 Å². The molecule has 3 heterocycles. The summed E-state index contributed by atoms with van der Waals surface area (Å²) in [6.07, 6.45) is 0. The van der Waals surface area contributed by atoms with Crippen molar-refractivity contribution in [2.45, 2.75) is 37.8 Å². The van der Waals surface area contributed by atoms with E-state index in [9.17, 15) is 24.3 Å². The van der Waals surface area contributed by atoms with Crippen molar-refractivity contribution in [2.75, 3.05) is 18.1 Å². The van der Waals surface area contributed by atoms with Gasteiger partial charge in [0.1, 0.15) is 22.7 Å². The first kappa shape index (κ1) is 24.7. The van der Waals surface area contributed by atoms with Gasteiger partial charge < -0.3 is 25.7 Å². The highest BCUT2D eigenvalue weighted by Gasteiger charge is 2.54. The highest BCUT2D eigenvalue weighted by atomic mass is 35.5. The first-order valence-electron chi connectivity index (χ1n) is 9.28. The minimum absolute atomic E-state index is 0.0295. The Bertz CT molecular complexity index is 1070. The van der Waals surface area contributed by atoms with Gasteiger partial charge in [-0.15, -0.1) is 11.8 Å². The Hall–Kier alpha value is -2.91. The molecule has 13 nitrogen and oxygen atoms in total. The van der Waals surface area contributed by atoms with Crippen LogP contribution in [0.2, 0.25) is 0 Å². The molecule has 2 aliphatic heterocycles. The number of aliphatic carboxylic acids is 1. The zero-order valence-electron chi connectivity index (χ0n) is 17.5. The molecular weight excluding hydrogens is 500 g/mol. The molecule has 1 aromatic rings. The zero-order valence-corrected chi connectivity index (χ0v) is 19.9. The lowest BCUT2D eigenvalue weighted by Gasteiger charge is -2.48. The van der Waals surface area contributed by atoms with E-state index >= 15 is 0 Å². The Morgan fingerprint density at radius 2 is 2.09 bits per heavy atom. The number of thioether (sulfide) groups is 1. The third-order valence-corrected chi connectivity index (χ3v) is 6.33. The summed E-state index contributed by atoms with van der Waals surface area (Å²) >= 11 is 7.93. The Morgan fingerprint density at radius 3 is 2.67 bits per heavy atom. The second-order valence-corrected chi connectivity index (χ2v) is 10.0. The average Bonchev–Trinajstić information content (AvgIpc) is 3.13. The molecule has 2 atom stereocenters. The quantitative estimate of drug-likeness (QED) is 0.192. The topological polar surface area (TPSA) is 186 Å². The molecule has 2 aliphatic rings. The number of fused-ring (bicyclic) bond motifs is 1. The SMILES string of the molecule is CC(C)(C)OC(=O)CON=C(C(=O)NC1C(=O)N2C(C(=O)O)=C(Cl)CS[C@@H]12)c1nsc(N)n1. The van der Waals surface area contributed by atoms with Crippen molar-refractivity contribution < 1.29 is 33.9 Å². The number of carboxylic acids is 1. The standard InChI is InChI=1S/C17H19ClN6O7S2/c1-17(2,3)31-7(25)4-30-22-8(11-21-16(19)33-23-11)12(26)20-9-13(27)24-10(15(28)29)6(18)5-32-14(9)24/h9,14H,4-5H2,1-3H3,(H,20,26)(H,28,29)(H2,19,21,23)/t9?,14-/m0/s1. The predicted octanol–water partition coefficient (Wildman–Crippen LogP) is 0.118. The van der Waals surface area contributed by atoms with Crippen LogP contribution in [0.1, 0.15) is 26.6 Å². The molecule has 0 bridgehead atoms. The van der Waals surface area contributed by atoms with Crippen LogP contribution in [0.4, 0.5) is 5.13 Å². The summed E-state index contributed by atoms with van der Waals surface area (Å²) < 4.78 is 9.00. The number of carbonyl (C=O) groups excluding carboxylic acids is 3. The molecule has 1 unspecified atom stereocenters. The van der Waals surface area contributed by atoms with Crippen LogP contribution in [0.3, 0.4) is 0 Å². The Morgan fingerprint density at radius 1 is 1.39 bits per heavy atom. The normalized spacial score (nSPS) is 20.7. The van der Waals surface area contributed by atoms with Gasteiger partial charge in [-0.1, -0.05) is 16.8 Å². The number of hydrogen-bond donors (Lipinski definition) is 3. The third-order valence-electron chi connectivity index (χ3n) is 4.04. The van der Waals surface area contributed by atoms with Gasteiger partial charge >= 0.3 is 11.9 Å². The number of nitrogens with one attached hydrogen (secondary N) is 1.